The Hall–Kier alpha value is -1.40. The van der Waals surface area contributed by atoms with Crippen molar-refractivity contribution in [2.45, 2.75) is 19.0 Å². The summed E-state index contributed by atoms with van der Waals surface area (Å²) >= 11 is 3.50. The minimum absolute atomic E-state index is 0.0762. The Bertz CT molecular complexity index is 507. The Morgan fingerprint density at radius 1 is 1.50 bits per heavy atom. The van der Waals surface area contributed by atoms with Crippen molar-refractivity contribution in [3.63, 3.8) is 0 Å². The normalized spacial score (nSPS) is 19.5. The molecule has 2 rings (SSSR count). The number of hydrogen-bond acceptors (Lipinski definition) is 4. The second kappa shape index (κ2) is 6.85. The van der Waals surface area contributed by atoms with Crippen LogP contribution in [0.4, 0.5) is 0 Å². The van der Waals surface area contributed by atoms with E-state index in [2.05, 4.69) is 26.0 Å². The van der Waals surface area contributed by atoms with E-state index < -0.39 is 6.04 Å². The lowest BCUT2D eigenvalue weighted by molar-refractivity contribution is -0.146. The summed E-state index contributed by atoms with van der Waals surface area (Å²) in [7, 11) is 1.33. The molecule has 108 valence electrons. The van der Waals surface area contributed by atoms with Gasteiger partial charge in [-0.2, -0.15) is 0 Å². The van der Waals surface area contributed by atoms with Gasteiger partial charge in [-0.25, -0.2) is 0 Å². The third kappa shape index (κ3) is 3.58. The van der Waals surface area contributed by atoms with Crippen LogP contribution in [0.25, 0.3) is 0 Å². The molecule has 1 aliphatic heterocycles. The van der Waals surface area contributed by atoms with Gasteiger partial charge >= 0.3 is 5.97 Å². The van der Waals surface area contributed by atoms with E-state index in [9.17, 15) is 9.59 Å². The molecule has 20 heavy (non-hydrogen) atoms. The zero-order chi connectivity index (χ0) is 14.5. The van der Waals surface area contributed by atoms with E-state index in [1.54, 1.807) is 0 Å². The van der Waals surface area contributed by atoms with E-state index in [1.165, 1.54) is 7.11 Å². The maximum atomic E-state index is 12.0. The second-order valence-electron chi connectivity index (χ2n) is 4.65. The highest BCUT2D eigenvalue weighted by molar-refractivity contribution is 9.10. The molecule has 6 heteroatoms. The first-order valence-electron chi connectivity index (χ1n) is 6.44. The van der Waals surface area contributed by atoms with Crippen molar-refractivity contribution < 1.29 is 14.3 Å². The predicted molar refractivity (Wildman–Crippen MR) is 78.0 cm³/mol. The fourth-order valence-corrected chi connectivity index (χ4v) is 2.67. The number of halogens is 1. The number of piperazine rings is 1. The van der Waals surface area contributed by atoms with Crippen molar-refractivity contribution in [2.24, 2.45) is 0 Å². The van der Waals surface area contributed by atoms with E-state index in [0.29, 0.717) is 19.6 Å². The Kier molecular flexibility index (Phi) is 5.14. The smallest absolute Gasteiger partial charge is 0.307 e. The van der Waals surface area contributed by atoms with Crippen molar-refractivity contribution in [2.75, 3.05) is 20.2 Å². The molecule has 1 fully saturated rings. The minimum Gasteiger partial charge on any atom is -0.469 e. The lowest BCUT2D eigenvalue weighted by Crippen LogP contribution is -2.55. The van der Waals surface area contributed by atoms with Crippen LogP contribution >= 0.6 is 15.9 Å². The van der Waals surface area contributed by atoms with E-state index >= 15 is 0 Å². The molecule has 1 atom stereocenters. The van der Waals surface area contributed by atoms with Gasteiger partial charge in [0.2, 0.25) is 5.91 Å². The fourth-order valence-electron chi connectivity index (χ4n) is 2.26. The maximum Gasteiger partial charge on any atom is 0.307 e. The van der Waals surface area contributed by atoms with Crippen LogP contribution in [-0.4, -0.2) is 43.0 Å². The van der Waals surface area contributed by atoms with E-state index in [1.807, 2.05) is 29.2 Å². The molecular formula is C14H17BrN2O3. The van der Waals surface area contributed by atoms with Gasteiger partial charge in [0.1, 0.15) is 6.04 Å². The molecule has 0 saturated carbocycles. The number of rotatable bonds is 4. The van der Waals surface area contributed by atoms with Gasteiger partial charge < -0.3 is 10.1 Å². The lowest BCUT2D eigenvalue weighted by Gasteiger charge is -2.34. The number of carbonyl (C=O) groups excluding carboxylic acids is 2. The molecule has 0 unspecified atom stereocenters. The molecule has 1 aromatic carbocycles. The number of amides is 1. The van der Waals surface area contributed by atoms with Crippen molar-refractivity contribution >= 4 is 27.8 Å². The molecule has 0 aliphatic carbocycles. The molecule has 1 amide bonds. The average Bonchev–Trinajstić information content (AvgIpc) is 2.44. The number of nitrogens with one attached hydrogen (secondary N) is 1. The zero-order valence-corrected chi connectivity index (χ0v) is 12.9. The Labute approximate surface area is 126 Å². The number of carbonyl (C=O) groups is 2. The lowest BCUT2D eigenvalue weighted by atomic mass is 10.1. The third-order valence-corrected chi connectivity index (χ3v) is 4.13. The molecule has 1 heterocycles. The fraction of sp³-hybridized carbons (Fsp3) is 0.429. The molecule has 1 N–H and O–H groups in total. The monoisotopic (exact) mass is 340 g/mol. The number of benzene rings is 1. The zero-order valence-electron chi connectivity index (χ0n) is 11.3. The summed E-state index contributed by atoms with van der Waals surface area (Å²) in [6.07, 6.45) is 0.0762. The topological polar surface area (TPSA) is 58.6 Å². The summed E-state index contributed by atoms with van der Waals surface area (Å²) in [5, 5.41) is 2.79. The highest BCUT2D eigenvalue weighted by Crippen LogP contribution is 2.20. The number of ether oxygens (including phenoxy) is 1. The van der Waals surface area contributed by atoms with Crippen LogP contribution in [0.15, 0.2) is 28.7 Å². The predicted octanol–water partition coefficient (Wildman–Crippen LogP) is 1.31. The standard InChI is InChI=1S/C14H17BrN2O3/c1-20-13(18)8-12-14(19)16-6-7-17(12)9-10-4-2-3-5-11(10)15/h2-5,12H,6-9H2,1H3,(H,16,19)/t12-/m0/s1. The quantitative estimate of drug-likeness (QED) is 0.839. The van der Waals surface area contributed by atoms with E-state index in [-0.39, 0.29) is 18.3 Å². The van der Waals surface area contributed by atoms with Gasteiger partial charge in [0.15, 0.2) is 0 Å². The van der Waals surface area contributed by atoms with Gasteiger partial charge in [-0.3, -0.25) is 14.5 Å². The number of nitrogens with zero attached hydrogens (tertiary/aromatic N) is 1. The first-order valence-corrected chi connectivity index (χ1v) is 7.23. The van der Waals surface area contributed by atoms with Crippen LogP contribution in [0, 0.1) is 0 Å². The van der Waals surface area contributed by atoms with Crippen LogP contribution in [0.5, 0.6) is 0 Å². The molecule has 0 bridgehead atoms. The van der Waals surface area contributed by atoms with Crippen LogP contribution < -0.4 is 5.32 Å². The van der Waals surface area contributed by atoms with Gasteiger partial charge in [0.05, 0.1) is 13.5 Å². The summed E-state index contributed by atoms with van der Waals surface area (Å²) in [5.74, 6) is -0.488. The average molecular weight is 341 g/mol. The van der Waals surface area contributed by atoms with Gasteiger partial charge in [-0.15, -0.1) is 0 Å². The highest BCUT2D eigenvalue weighted by atomic mass is 79.9. The SMILES string of the molecule is COC(=O)C[C@H]1C(=O)NCCN1Cc1ccccc1Br. The summed E-state index contributed by atoms with van der Waals surface area (Å²) in [6, 6.07) is 7.41. The number of hydrogen-bond donors (Lipinski definition) is 1. The highest BCUT2D eigenvalue weighted by Gasteiger charge is 2.32. The van der Waals surface area contributed by atoms with Crippen molar-refractivity contribution in [1.29, 1.82) is 0 Å². The molecule has 0 radical (unpaired) electrons. The van der Waals surface area contributed by atoms with Crippen LogP contribution in [0.3, 0.4) is 0 Å². The molecule has 1 aromatic rings. The van der Waals surface area contributed by atoms with Crippen LogP contribution in [0.1, 0.15) is 12.0 Å². The number of esters is 1. The molecule has 1 aliphatic rings. The molecule has 1 saturated heterocycles. The van der Waals surface area contributed by atoms with Crippen molar-refractivity contribution in [1.82, 2.24) is 10.2 Å². The van der Waals surface area contributed by atoms with Gasteiger partial charge in [0.25, 0.3) is 0 Å². The second-order valence-corrected chi connectivity index (χ2v) is 5.50. The van der Waals surface area contributed by atoms with Crippen molar-refractivity contribution in [3.8, 4) is 0 Å². The van der Waals surface area contributed by atoms with Crippen molar-refractivity contribution in [3.05, 3.63) is 34.3 Å². The Morgan fingerprint density at radius 3 is 2.95 bits per heavy atom. The maximum absolute atomic E-state index is 12.0. The van der Waals surface area contributed by atoms with Gasteiger partial charge in [-0.05, 0) is 11.6 Å². The summed E-state index contributed by atoms with van der Waals surface area (Å²) in [4.78, 5) is 25.4. The first-order chi connectivity index (χ1) is 9.61. The molecule has 0 aromatic heterocycles. The van der Waals surface area contributed by atoms with Gasteiger partial charge in [0, 0.05) is 24.1 Å². The molecule has 0 spiro atoms. The Morgan fingerprint density at radius 2 is 2.25 bits per heavy atom. The van der Waals surface area contributed by atoms with Crippen LogP contribution in [0.2, 0.25) is 0 Å². The van der Waals surface area contributed by atoms with Gasteiger partial charge in [-0.1, -0.05) is 34.1 Å². The minimum atomic E-state index is -0.469. The first kappa shape index (κ1) is 15.0. The van der Waals surface area contributed by atoms with E-state index in [0.717, 1.165) is 10.0 Å². The van der Waals surface area contributed by atoms with E-state index in [4.69, 9.17) is 0 Å². The summed E-state index contributed by atoms with van der Waals surface area (Å²) in [5.41, 5.74) is 1.09. The largest absolute Gasteiger partial charge is 0.469 e. The summed E-state index contributed by atoms with van der Waals surface area (Å²) in [6.45, 7) is 1.94. The Balaban J connectivity index is 2.12. The molecule has 5 nitrogen and oxygen atoms in total. The molecular weight excluding hydrogens is 324 g/mol. The summed E-state index contributed by atoms with van der Waals surface area (Å²) < 4.78 is 5.67. The third-order valence-electron chi connectivity index (χ3n) is 3.36. The number of methoxy groups -OCH3 is 1. The van der Waals surface area contributed by atoms with Crippen LogP contribution in [-0.2, 0) is 20.9 Å².